The third-order valence-electron chi connectivity index (χ3n) is 7.90. The Bertz CT molecular complexity index is 2000. The Balaban J connectivity index is 1.48. The van der Waals surface area contributed by atoms with Gasteiger partial charge in [0.15, 0.2) is 5.69 Å². The predicted octanol–water partition coefficient (Wildman–Crippen LogP) is 3.24. The lowest BCUT2D eigenvalue weighted by Crippen LogP contribution is -2.38. The molecule has 44 heavy (non-hydrogen) atoms. The van der Waals surface area contributed by atoms with Crippen molar-refractivity contribution in [1.29, 1.82) is 0 Å². The van der Waals surface area contributed by atoms with Crippen LogP contribution in [0.5, 0.6) is 0 Å². The van der Waals surface area contributed by atoms with E-state index in [1.807, 2.05) is 36.8 Å². The van der Waals surface area contributed by atoms with Crippen LogP contribution in [0.25, 0.3) is 10.9 Å². The van der Waals surface area contributed by atoms with Gasteiger partial charge < -0.3 is 14.8 Å². The lowest BCUT2D eigenvalue weighted by atomic mass is 9.90. The lowest BCUT2D eigenvalue weighted by molar-refractivity contribution is 0.0977. The first-order valence-corrected chi connectivity index (χ1v) is 16.4. The fourth-order valence-corrected chi connectivity index (χ4v) is 6.22. The Hall–Kier alpha value is -4.23. The number of halogens is 1. The third kappa shape index (κ3) is 6.48. The van der Waals surface area contributed by atoms with Gasteiger partial charge in [-0.3, -0.25) is 19.0 Å². The summed E-state index contributed by atoms with van der Waals surface area (Å²) >= 11 is 6.03. The van der Waals surface area contributed by atoms with Gasteiger partial charge in [-0.05, 0) is 68.0 Å². The number of pyridine rings is 2. The summed E-state index contributed by atoms with van der Waals surface area (Å²) in [6, 6.07) is 9.99. The maximum atomic E-state index is 13.7. The highest BCUT2D eigenvalue weighted by atomic mass is 35.5. The molecular formula is C30H34ClN7O5S. The van der Waals surface area contributed by atoms with E-state index in [2.05, 4.69) is 15.2 Å². The van der Waals surface area contributed by atoms with E-state index in [1.165, 1.54) is 6.07 Å². The van der Waals surface area contributed by atoms with Crippen molar-refractivity contribution in [1.82, 2.24) is 23.8 Å². The summed E-state index contributed by atoms with van der Waals surface area (Å²) in [5, 5.41) is 3.72. The normalized spacial score (nSPS) is 14.9. The summed E-state index contributed by atoms with van der Waals surface area (Å²) in [7, 11) is -0.396. The Morgan fingerprint density at radius 3 is 2.43 bits per heavy atom. The second-order valence-corrected chi connectivity index (χ2v) is 13.4. The number of sulfonamides is 1. The molecule has 0 bridgehead atoms. The van der Waals surface area contributed by atoms with Gasteiger partial charge in [-0.2, -0.15) is 0 Å². The van der Waals surface area contributed by atoms with E-state index in [4.69, 9.17) is 16.6 Å². The Kier molecular flexibility index (Phi) is 8.54. The van der Waals surface area contributed by atoms with E-state index in [0.717, 1.165) is 35.8 Å². The van der Waals surface area contributed by atoms with Gasteiger partial charge >= 0.3 is 0 Å². The van der Waals surface area contributed by atoms with Crippen molar-refractivity contribution >= 4 is 50.1 Å². The SMILES string of the molecule is Cc1cc([C@@H](C)Nc2ccc(Cl)nc2C(=O)NS(C)(=O)=O)c2nc(N3CCC(c4ccn(C)c(=O)c4)CC3)n(C)c(=O)c2c1. The molecule has 0 unspecified atom stereocenters. The molecule has 0 radical (unpaired) electrons. The van der Waals surface area contributed by atoms with E-state index in [9.17, 15) is 22.8 Å². The molecule has 1 aromatic carbocycles. The van der Waals surface area contributed by atoms with Crippen molar-refractivity contribution in [3.63, 3.8) is 0 Å². The van der Waals surface area contributed by atoms with E-state index < -0.39 is 22.0 Å². The Labute approximate surface area is 259 Å². The summed E-state index contributed by atoms with van der Waals surface area (Å²) < 4.78 is 28.5. The number of hydrogen-bond acceptors (Lipinski definition) is 9. The van der Waals surface area contributed by atoms with Crippen LogP contribution in [-0.2, 0) is 24.1 Å². The van der Waals surface area contributed by atoms with Crippen LogP contribution in [0, 0.1) is 6.92 Å². The van der Waals surface area contributed by atoms with E-state index in [0.29, 0.717) is 29.9 Å². The number of aromatic nitrogens is 4. The summed E-state index contributed by atoms with van der Waals surface area (Å²) in [4.78, 5) is 49.7. The van der Waals surface area contributed by atoms with Crippen LogP contribution in [0.15, 0.2) is 52.2 Å². The number of carbonyl (C=O) groups is 1. The number of fused-ring (bicyclic) bond motifs is 1. The van der Waals surface area contributed by atoms with Crippen molar-refractivity contribution in [3.8, 4) is 0 Å². The van der Waals surface area contributed by atoms with E-state index in [-0.39, 0.29) is 33.6 Å². The van der Waals surface area contributed by atoms with E-state index >= 15 is 0 Å². The minimum absolute atomic E-state index is 0.0242. The van der Waals surface area contributed by atoms with Gasteiger partial charge in [0.25, 0.3) is 17.0 Å². The van der Waals surface area contributed by atoms with Crippen LogP contribution in [0.4, 0.5) is 11.6 Å². The highest BCUT2D eigenvalue weighted by molar-refractivity contribution is 7.89. The molecular weight excluding hydrogens is 606 g/mol. The fourth-order valence-electron chi connectivity index (χ4n) is 5.64. The fraction of sp³-hybridized carbons (Fsp3) is 0.367. The molecule has 12 nitrogen and oxygen atoms in total. The van der Waals surface area contributed by atoms with Crippen LogP contribution in [0.1, 0.15) is 58.9 Å². The largest absolute Gasteiger partial charge is 0.377 e. The zero-order chi connectivity index (χ0) is 31.9. The molecule has 0 saturated carbocycles. The molecule has 1 saturated heterocycles. The van der Waals surface area contributed by atoms with Crippen molar-refractivity contribution in [2.75, 3.05) is 29.6 Å². The van der Waals surface area contributed by atoms with Crippen molar-refractivity contribution in [2.45, 2.75) is 38.6 Å². The molecule has 4 aromatic rings. The highest BCUT2D eigenvalue weighted by Gasteiger charge is 2.26. The summed E-state index contributed by atoms with van der Waals surface area (Å²) in [6.07, 6.45) is 4.28. The van der Waals surface area contributed by atoms with Gasteiger partial charge in [0.1, 0.15) is 5.15 Å². The number of rotatable bonds is 7. The maximum Gasteiger partial charge on any atom is 0.285 e. The van der Waals surface area contributed by atoms with Gasteiger partial charge in [0.2, 0.25) is 16.0 Å². The maximum absolute atomic E-state index is 13.7. The average molecular weight is 640 g/mol. The number of carbonyl (C=O) groups excluding carboxylic acids is 1. The molecule has 3 aromatic heterocycles. The van der Waals surface area contributed by atoms with Gasteiger partial charge in [0.05, 0.1) is 28.9 Å². The average Bonchev–Trinajstić information content (AvgIpc) is 2.96. The number of piperidine rings is 1. The number of nitrogens with one attached hydrogen (secondary N) is 2. The summed E-state index contributed by atoms with van der Waals surface area (Å²) in [6.45, 7) is 5.07. The van der Waals surface area contributed by atoms with Crippen molar-refractivity contribution in [2.24, 2.45) is 14.1 Å². The van der Waals surface area contributed by atoms with Gasteiger partial charge in [-0.25, -0.2) is 23.1 Å². The molecule has 14 heteroatoms. The standard InChI is InChI=1S/C30H34ClN7O5S/c1-17-14-21(18(2)32-23-6-7-24(31)33-27(23)28(40)35-44(5,42)43)26-22(15-17)29(41)37(4)30(34-26)38-12-9-19(10-13-38)20-8-11-36(3)25(39)16-20/h6-8,11,14-16,18-19,32H,9-10,12-13H2,1-5H3,(H,35,40)/t18-/m1/s1. The first-order valence-electron chi connectivity index (χ1n) is 14.1. The van der Waals surface area contributed by atoms with Gasteiger partial charge in [-0.15, -0.1) is 0 Å². The molecule has 232 valence electrons. The predicted molar refractivity (Wildman–Crippen MR) is 171 cm³/mol. The number of aryl methyl sites for hydroxylation is 2. The topological polar surface area (TPSA) is 148 Å². The quantitative estimate of drug-likeness (QED) is 0.291. The molecule has 1 fully saturated rings. The molecule has 0 spiro atoms. The molecule has 1 amide bonds. The molecule has 2 N–H and O–H groups in total. The molecule has 1 aliphatic heterocycles. The molecule has 5 rings (SSSR count). The number of nitrogens with zero attached hydrogens (tertiary/aromatic N) is 5. The highest BCUT2D eigenvalue weighted by Crippen LogP contribution is 2.32. The molecule has 0 aliphatic carbocycles. The molecule has 1 atom stereocenters. The number of anilines is 2. The Morgan fingerprint density at radius 1 is 1.07 bits per heavy atom. The van der Waals surface area contributed by atoms with Crippen LogP contribution in [-0.4, -0.2) is 52.8 Å². The molecule has 4 heterocycles. The monoisotopic (exact) mass is 639 g/mol. The van der Waals surface area contributed by atoms with Crippen LogP contribution in [0.3, 0.4) is 0 Å². The third-order valence-corrected chi connectivity index (χ3v) is 8.67. The number of amides is 1. The van der Waals surface area contributed by atoms with E-state index in [1.54, 1.807) is 41.6 Å². The van der Waals surface area contributed by atoms with Gasteiger partial charge in [-0.1, -0.05) is 17.7 Å². The van der Waals surface area contributed by atoms with Crippen LogP contribution < -0.4 is 26.1 Å². The zero-order valence-electron chi connectivity index (χ0n) is 25.1. The van der Waals surface area contributed by atoms with Gasteiger partial charge in [0, 0.05) is 45.0 Å². The minimum Gasteiger partial charge on any atom is -0.377 e. The van der Waals surface area contributed by atoms with Crippen LogP contribution in [0.2, 0.25) is 5.15 Å². The van der Waals surface area contributed by atoms with Crippen molar-refractivity contribution < 1.29 is 13.2 Å². The lowest BCUT2D eigenvalue weighted by Gasteiger charge is -2.34. The number of benzene rings is 1. The molecule has 1 aliphatic rings. The van der Waals surface area contributed by atoms with Crippen molar-refractivity contribution in [3.05, 3.63) is 90.8 Å². The summed E-state index contributed by atoms with van der Waals surface area (Å²) in [5.74, 6) is -0.141. The smallest absolute Gasteiger partial charge is 0.285 e. The summed E-state index contributed by atoms with van der Waals surface area (Å²) in [5.41, 5.74) is 2.97. The minimum atomic E-state index is -3.84. The second-order valence-electron chi connectivity index (χ2n) is 11.3. The first kappa shape index (κ1) is 31.2. The zero-order valence-corrected chi connectivity index (χ0v) is 26.7. The Morgan fingerprint density at radius 2 is 1.77 bits per heavy atom. The second kappa shape index (κ2) is 12.0. The number of hydrogen-bond donors (Lipinski definition) is 2. The first-order chi connectivity index (χ1) is 20.7. The van der Waals surface area contributed by atoms with Crippen LogP contribution >= 0.6 is 11.6 Å².